The van der Waals surface area contributed by atoms with Crippen molar-refractivity contribution in [1.82, 2.24) is 10.6 Å². The number of nitrogens with one attached hydrogen (secondary N) is 2. The average Bonchev–Trinajstić information content (AvgIpc) is 3.30. The third-order valence-electron chi connectivity index (χ3n) is 3.89. The van der Waals surface area contributed by atoms with Crippen molar-refractivity contribution in [2.24, 2.45) is 0 Å². The van der Waals surface area contributed by atoms with E-state index in [4.69, 9.17) is 4.74 Å². The lowest BCUT2D eigenvalue weighted by molar-refractivity contribution is -0.150. The van der Waals surface area contributed by atoms with Gasteiger partial charge in [-0.3, -0.25) is 9.59 Å². The fraction of sp³-hybridized carbons (Fsp3) is 0.278. The van der Waals surface area contributed by atoms with Crippen molar-refractivity contribution in [3.8, 4) is 0 Å². The summed E-state index contributed by atoms with van der Waals surface area (Å²) in [7, 11) is 0. The van der Waals surface area contributed by atoms with Crippen molar-refractivity contribution < 1.29 is 19.1 Å². The molecule has 0 aliphatic carbocycles. The Kier molecular flexibility index (Phi) is 5.45. The highest BCUT2D eigenvalue weighted by atomic mass is 32.1. The van der Waals surface area contributed by atoms with Crippen LogP contribution in [0.1, 0.15) is 29.3 Å². The Hall–Kier alpha value is -2.67. The van der Waals surface area contributed by atoms with Crippen LogP contribution in [0.3, 0.4) is 0 Å². The third-order valence-corrected chi connectivity index (χ3v) is 4.83. The molecule has 25 heavy (non-hydrogen) atoms. The molecule has 2 N–H and O–H groups in total. The molecule has 1 saturated heterocycles. The highest BCUT2D eigenvalue weighted by Gasteiger charge is 2.29. The highest BCUT2D eigenvalue weighted by molar-refractivity contribution is 7.10. The zero-order valence-electron chi connectivity index (χ0n) is 13.4. The minimum Gasteiger partial charge on any atom is -0.454 e. The van der Waals surface area contributed by atoms with Gasteiger partial charge in [0.05, 0.1) is 6.04 Å². The van der Waals surface area contributed by atoms with Crippen LogP contribution in [0.5, 0.6) is 0 Å². The van der Waals surface area contributed by atoms with Crippen LogP contribution in [0.15, 0.2) is 47.8 Å². The van der Waals surface area contributed by atoms with Crippen LogP contribution in [-0.2, 0) is 19.1 Å². The number of rotatable bonds is 6. The number of amides is 2. The van der Waals surface area contributed by atoms with Gasteiger partial charge >= 0.3 is 5.97 Å². The maximum absolute atomic E-state index is 12.2. The molecule has 3 rings (SSSR count). The first-order chi connectivity index (χ1) is 12.1. The van der Waals surface area contributed by atoms with Crippen molar-refractivity contribution in [3.63, 3.8) is 0 Å². The van der Waals surface area contributed by atoms with E-state index in [1.165, 1.54) is 0 Å². The van der Waals surface area contributed by atoms with E-state index in [-0.39, 0.29) is 24.5 Å². The van der Waals surface area contributed by atoms with Crippen LogP contribution in [0, 0.1) is 0 Å². The van der Waals surface area contributed by atoms with Crippen molar-refractivity contribution in [2.75, 3.05) is 6.61 Å². The van der Waals surface area contributed by atoms with Gasteiger partial charge in [0.15, 0.2) is 6.61 Å². The molecule has 1 aliphatic heterocycles. The molecule has 6 nitrogen and oxygen atoms in total. The summed E-state index contributed by atoms with van der Waals surface area (Å²) in [4.78, 5) is 36.2. The van der Waals surface area contributed by atoms with E-state index in [1.54, 1.807) is 11.3 Å². The standard InChI is InChI=1S/C18H18N2O4S/c21-15-9-8-13(19-15)18(23)24-11-16(22)20-17(14-7-4-10-25-14)12-5-2-1-3-6-12/h1-7,10,13,17H,8-9,11H2,(H,19,21)(H,20,22)/t13-,17-/m1/s1. The van der Waals surface area contributed by atoms with Gasteiger partial charge in [0.2, 0.25) is 5.91 Å². The first-order valence-corrected chi connectivity index (χ1v) is 8.85. The molecule has 0 spiro atoms. The molecule has 2 aromatic rings. The zero-order valence-corrected chi connectivity index (χ0v) is 14.3. The monoisotopic (exact) mass is 358 g/mol. The van der Waals surface area contributed by atoms with Crippen LogP contribution in [0.2, 0.25) is 0 Å². The molecule has 1 aromatic carbocycles. The SMILES string of the molecule is O=C(COC(=O)[C@H]1CCC(=O)N1)N[C@H](c1ccccc1)c1cccs1. The second kappa shape index (κ2) is 7.94. The van der Waals surface area contributed by atoms with Crippen molar-refractivity contribution in [1.29, 1.82) is 0 Å². The number of hydrogen-bond donors (Lipinski definition) is 2. The van der Waals surface area contributed by atoms with E-state index in [2.05, 4.69) is 10.6 Å². The Morgan fingerprint density at radius 2 is 2.04 bits per heavy atom. The molecule has 130 valence electrons. The fourth-order valence-electron chi connectivity index (χ4n) is 2.65. The van der Waals surface area contributed by atoms with Crippen LogP contribution in [-0.4, -0.2) is 30.4 Å². The quantitative estimate of drug-likeness (QED) is 0.771. The lowest BCUT2D eigenvalue weighted by Crippen LogP contribution is -2.38. The number of carbonyl (C=O) groups is 3. The Bertz CT molecular complexity index is 746. The second-order valence-electron chi connectivity index (χ2n) is 5.69. The van der Waals surface area contributed by atoms with Gasteiger partial charge in [-0.15, -0.1) is 11.3 Å². The van der Waals surface area contributed by atoms with Crippen LogP contribution >= 0.6 is 11.3 Å². The predicted molar refractivity (Wildman–Crippen MR) is 92.9 cm³/mol. The number of carbonyl (C=O) groups excluding carboxylic acids is 3. The molecule has 2 heterocycles. The molecule has 7 heteroatoms. The second-order valence-corrected chi connectivity index (χ2v) is 6.67. The smallest absolute Gasteiger partial charge is 0.329 e. The summed E-state index contributed by atoms with van der Waals surface area (Å²) in [5, 5.41) is 7.36. The summed E-state index contributed by atoms with van der Waals surface area (Å²) in [6.45, 7) is -0.375. The largest absolute Gasteiger partial charge is 0.454 e. The molecule has 0 bridgehead atoms. The highest BCUT2D eigenvalue weighted by Crippen LogP contribution is 2.25. The molecule has 1 aromatic heterocycles. The Morgan fingerprint density at radius 3 is 2.68 bits per heavy atom. The van der Waals surface area contributed by atoms with Crippen LogP contribution in [0.25, 0.3) is 0 Å². The van der Waals surface area contributed by atoms with E-state index in [9.17, 15) is 14.4 Å². The number of ether oxygens (including phenoxy) is 1. The minimum atomic E-state index is -0.650. The van der Waals surface area contributed by atoms with E-state index in [0.29, 0.717) is 12.8 Å². The molecular formula is C18H18N2O4S. The van der Waals surface area contributed by atoms with E-state index >= 15 is 0 Å². The first kappa shape index (κ1) is 17.2. The summed E-state index contributed by atoms with van der Waals surface area (Å²) in [5.74, 6) is -1.14. The maximum atomic E-state index is 12.2. The topological polar surface area (TPSA) is 84.5 Å². The molecule has 0 radical (unpaired) electrons. The van der Waals surface area contributed by atoms with Crippen LogP contribution in [0.4, 0.5) is 0 Å². The summed E-state index contributed by atoms with van der Waals surface area (Å²) in [6, 6.07) is 12.5. The van der Waals surface area contributed by atoms with Crippen molar-refractivity contribution in [2.45, 2.75) is 24.9 Å². The number of benzene rings is 1. The number of hydrogen-bond acceptors (Lipinski definition) is 5. The molecule has 1 fully saturated rings. The molecule has 2 atom stereocenters. The van der Waals surface area contributed by atoms with Gasteiger partial charge in [-0.05, 0) is 23.4 Å². The third kappa shape index (κ3) is 4.45. The normalized spacial score (nSPS) is 17.6. The lowest BCUT2D eigenvalue weighted by Gasteiger charge is -2.18. The molecule has 0 saturated carbocycles. The summed E-state index contributed by atoms with van der Waals surface area (Å²) >= 11 is 1.54. The average molecular weight is 358 g/mol. The minimum absolute atomic E-state index is 0.173. The lowest BCUT2D eigenvalue weighted by atomic mass is 10.1. The van der Waals surface area contributed by atoms with Gasteiger partial charge in [-0.25, -0.2) is 4.79 Å². The summed E-state index contributed by atoms with van der Waals surface area (Å²) in [5.41, 5.74) is 0.952. The number of thiophene rings is 1. The molecular weight excluding hydrogens is 340 g/mol. The van der Waals surface area contributed by atoms with E-state index < -0.39 is 12.0 Å². The van der Waals surface area contributed by atoms with Crippen molar-refractivity contribution in [3.05, 3.63) is 58.3 Å². The van der Waals surface area contributed by atoms with Gasteiger partial charge in [0, 0.05) is 11.3 Å². The summed E-state index contributed by atoms with van der Waals surface area (Å²) in [6.07, 6.45) is 0.710. The Balaban J connectivity index is 1.59. The zero-order chi connectivity index (χ0) is 17.6. The van der Waals surface area contributed by atoms with Gasteiger partial charge in [0.25, 0.3) is 5.91 Å². The van der Waals surface area contributed by atoms with Gasteiger partial charge in [0.1, 0.15) is 6.04 Å². The maximum Gasteiger partial charge on any atom is 0.329 e. The van der Waals surface area contributed by atoms with Gasteiger partial charge < -0.3 is 15.4 Å². The van der Waals surface area contributed by atoms with Crippen LogP contribution < -0.4 is 10.6 Å². The Labute approximate surface area is 149 Å². The molecule has 1 aliphatic rings. The Morgan fingerprint density at radius 1 is 1.24 bits per heavy atom. The summed E-state index contributed by atoms with van der Waals surface area (Å²) < 4.78 is 5.03. The first-order valence-electron chi connectivity index (χ1n) is 7.97. The van der Waals surface area contributed by atoms with E-state index in [0.717, 1.165) is 10.4 Å². The molecule has 0 unspecified atom stereocenters. The van der Waals surface area contributed by atoms with Gasteiger partial charge in [-0.1, -0.05) is 36.4 Å². The van der Waals surface area contributed by atoms with E-state index in [1.807, 2.05) is 47.8 Å². The number of esters is 1. The fourth-order valence-corrected chi connectivity index (χ4v) is 3.45. The molecule has 2 amide bonds. The van der Waals surface area contributed by atoms with Crippen molar-refractivity contribution >= 4 is 29.1 Å². The predicted octanol–water partition coefficient (Wildman–Crippen LogP) is 1.78. The van der Waals surface area contributed by atoms with Gasteiger partial charge in [-0.2, -0.15) is 0 Å².